The number of aryl methyl sites for hydroxylation is 1. The molecule has 0 saturated heterocycles. The highest BCUT2D eigenvalue weighted by Gasteiger charge is 2.21. The van der Waals surface area contributed by atoms with E-state index < -0.39 is 0 Å². The topological polar surface area (TPSA) is 46.2 Å². The second kappa shape index (κ2) is 3.90. The largest absolute Gasteiger partial charge is 0.288 e. The Labute approximate surface area is 91.6 Å². The van der Waals surface area contributed by atoms with Crippen molar-refractivity contribution in [1.29, 1.82) is 0 Å². The van der Waals surface area contributed by atoms with E-state index in [1.54, 1.807) is 0 Å². The lowest BCUT2D eigenvalue weighted by atomic mass is 10.2. The van der Waals surface area contributed by atoms with Crippen molar-refractivity contribution < 1.29 is 9.59 Å². The van der Waals surface area contributed by atoms with Gasteiger partial charge in [0.05, 0.1) is 4.91 Å². The third kappa shape index (κ3) is 2.10. The molecule has 0 aliphatic carbocycles. The molecule has 3 nitrogen and oxygen atoms in total. The van der Waals surface area contributed by atoms with Gasteiger partial charge in [-0.1, -0.05) is 30.0 Å². The standard InChI is InChI=1S/C11H9NO2S/c1-7-4-2-3-5-8(7)15-9-6-10(13)12-11(9)14/h2-6H,1H3,(H,12,13,14). The van der Waals surface area contributed by atoms with Gasteiger partial charge in [-0.3, -0.25) is 14.9 Å². The van der Waals surface area contributed by atoms with Crippen LogP contribution in [0.3, 0.4) is 0 Å². The van der Waals surface area contributed by atoms with Gasteiger partial charge in [0.25, 0.3) is 11.8 Å². The van der Waals surface area contributed by atoms with Crippen LogP contribution in [0.2, 0.25) is 0 Å². The van der Waals surface area contributed by atoms with E-state index in [0.29, 0.717) is 4.91 Å². The summed E-state index contributed by atoms with van der Waals surface area (Å²) in [6.07, 6.45) is 1.33. The van der Waals surface area contributed by atoms with Crippen molar-refractivity contribution >= 4 is 23.6 Å². The zero-order valence-electron chi connectivity index (χ0n) is 8.11. The molecule has 2 amide bonds. The highest BCUT2D eigenvalue weighted by Crippen LogP contribution is 2.30. The lowest BCUT2D eigenvalue weighted by Gasteiger charge is -2.03. The molecule has 4 heteroatoms. The van der Waals surface area contributed by atoms with E-state index in [1.807, 2.05) is 31.2 Å². The number of carbonyl (C=O) groups is 2. The Morgan fingerprint density at radius 2 is 1.93 bits per heavy atom. The molecule has 76 valence electrons. The lowest BCUT2D eigenvalue weighted by molar-refractivity contribution is -0.123. The summed E-state index contributed by atoms with van der Waals surface area (Å²) in [5, 5.41) is 2.22. The van der Waals surface area contributed by atoms with Crippen LogP contribution in [0.4, 0.5) is 0 Å². The zero-order chi connectivity index (χ0) is 10.8. The van der Waals surface area contributed by atoms with Crippen LogP contribution in [0.1, 0.15) is 5.56 Å². The van der Waals surface area contributed by atoms with Crippen molar-refractivity contribution in [3.05, 3.63) is 40.8 Å². The smallest absolute Gasteiger partial charge is 0.265 e. The maximum Gasteiger partial charge on any atom is 0.265 e. The summed E-state index contributed by atoms with van der Waals surface area (Å²) in [4.78, 5) is 23.6. The monoisotopic (exact) mass is 219 g/mol. The first kappa shape index (κ1) is 9.98. The van der Waals surface area contributed by atoms with E-state index >= 15 is 0 Å². The molecule has 0 atom stereocenters. The van der Waals surface area contributed by atoms with Gasteiger partial charge in [0.2, 0.25) is 0 Å². The number of benzene rings is 1. The van der Waals surface area contributed by atoms with Crippen LogP contribution in [-0.4, -0.2) is 11.8 Å². The van der Waals surface area contributed by atoms with Gasteiger partial charge in [0.15, 0.2) is 0 Å². The van der Waals surface area contributed by atoms with Crippen LogP contribution < -0.4 is 5.32 Å². The summed E-state index contributed by atoms with van der Waals surface area (Å²) in [6.45, 7) is 1.97. The molecule has 1 aliphatic heterocycles. The Morgan fingerprint density at radius 3 is 2.53 bits per heavy atom. The molecule has 0 fully saturated rings. The number of amides is 2. The molecule has 0 radical (unpaired) electrons. The number of nitrogens with one attached hydrogen (secondary N) is 1. The Balaban J connectivity index is 2.23. The van der Waals surface area contributed by atoms with Crippen LogP contribution in [0.5, 0.6) is 0 Å². The molecule has 0 saturated carbocycles. The average molecular weight is 219 g/mol. The van der Waals surface area contributed by atoms with Gasteiger partial charge in [0, 0.05) is 11.0 Å². The van der Waals surface area contributed by atoms with Crippen LogP contribution in [-0.2, 0) is 9.59 Å². The maximum absolute atomic E-state index is 11.3. The molecule has 1 aromatic rings. The molecular weight excluding hydrogens is 210 g/mol. The van der Waals surface area contributed by atoms with Gasteiger partial charge in [-0.25, -0.2) is 0 Å². The van der Waals surface area contributed by atoms with E-state index in [9.17, 15) is 9.59 Å². The SMILES string of the molecule is Cc1ccccc1SC1=CC(=O)NC1=O. The molecule has 0 spiro atoms. The third-order valence-electron chi connectivity index (χ3n) is 2.04. The summed E-state index contributed by atoms with van der Waals surface area (Å²) in [5.74, 6) is -0.649. The highest BCUT2D eigenvalue weighted by atomic mass is 32.2. The van der Waals surface area contributed by atoms with Gasteiger partial charge in [0.1, 0.15) is 0 Å². The number of imide groups is 1. The van der Waals surface area contributed by atoms with Crippen molar-refractivity contribution in [2.45, 2.75) is 11.8 Å². The molecular formula is C11H9NO2S. The number of hydrogen-bond acceptors (Lipinski definition) is 3. The van der Waals surface area contributed by atoms with Crippen LogP contribution in [0, 0.1) is 6.92 Å². The van der Waals surface area contributed by atoms with Gasteiger partial charge in [-0.15, -0.1) is 0 Å². The van der Waals surface area contributed by atoms with Crippen molar-refractivity contribution in [1.82, 2.24) is 5.32 Å². The molecule has 0 bridgehead atoms. The van der Waals surface area contributed by atoms with E-state index in [-0.39, 0.29) is 11.8 Å². The zero-order valence-corrected chi connectivity index (χ0v) is 8.93. The first-order valence-electron chi connectivity index (χ1n) is 4.47. The number of hydrogen-bond donors (Lipinski definition) is 1. The fourth-order valence-electron chi connectivity index (χ4n) is 1.26. The summed E-state index contributed by atoms with van der Waals surface area (Å²) in [6, 6.07) is 7.74. The summed E-state index contributed by atoms with van der Waals surface area (Å²) in [7, 11) is 0. The Bertz CT molecular complexity index is 465. The molecule has 1 aliphatic rings. The van der Waals surface area contributed by atoms with Gasteiger partial charge in [-0.05, 0) is 18.6 Å². The highest BCUT2D eigenvalue weighted by molar-refractivity contribution is 8.04. The molecule has 1 N–H and O–H groups in total. The molecule has 1 aromatic carbocycles. The Hall–Kier alpha value is -1.55. The Morgan fingerprint density at radius 1 is 1.20 bits per heavy atom. The minimum atomic E-state index is -0.337. The van der Waals surface area contributed by atoms with Crippen molar-refractivity contribution in [3.63, 3.8) is 0 Å². The second-order valence-corrected chi connectivity index (χ2v) is 4.28. The first-order chi connectivity index (χ1) is 7.16. The predicted molar refractivity (Wildman–Crippen MR) is 58.3 cm³/mol. The first-order valence-corrected chi connectivity index (χ1v) is 5.29. The number of thioether (sulfide) groups is 1. The van der Waals surface area contributed by atoms with Gasteiger partial charge < -0.3 is 0 Å². The summed E-state index contributed by atoms with van der Waals surface area (Å²) >= 11 is 1.32. The fraction of sp³-hybridized carbons (Fsp3) is 0.0909. The quantitative estimate of drug-likeness (QED) is 0.769. The summed E-state index contributed by atoms with van der Waals surface area (Å²) < 4.78 is 0. The van der Waals surface area contributed by atoms with Crippen LogP contribution in [0.15, 0.2) is 40.1 Å². The minimum absolute atomic E-state index is 0.312. The average Bonchev–Trinajstić information content (AvgIpc) is 2.49. The molecule has 0 unspecified atom stereocenters. The van der Waals surface area contributed by atoms with Crippen LogP contribution >= 0.6 is 11.8 Å². The van der Waals surface area contributed by atoms with Crippen LogP contribution in [0.25, 0.3) is 0 Å². The van der Waals surface area contributed by atoms with Gasteiger partial charge >= 0.3 is 0 Å². The van der Waals surface area contributed by atoms with E-state index in [0.717, 1.165) is 10.5 Å². The maximum atomic E-state index is 11.3. The number of rotatable bonds is 2. The van der Waals surface area contributed by atoms with E-state index in [4.69, 9.17) is 0 Å². The van der Waals surface area contributed by atoms with Crippen molar-refractivity contribution in [3.8, 4) is 0 Å². The molecule has 2 rings (SSSR count). The normalized spacial score (nSPS) is 15.1. The van der Waals surface area contributed by atoms with E-state index in [1.165, 1.54) is 17.8 Å². The number of carbonyl (C=O) groups excluding carboxylic acids is 2. The van der Waals surface area contributed by atoms with Crippen molar-refractivity contribution in [2.24, 2.45) is 0 Å². The van der Waals surface area contributed by atoms with Crippen molar-refractivity contribution in [2.75, 3.05) is 0 Å². The fourth-order valence-corrected chi connectivity index (χ4v) is 2.18. The molecule has 0 aromatic heterocycles. The minimum Gasteiger partial charge on any atom is -0.288 e. The lowest BCUT2D eigenvalue weighted by Crippen LogP contribution is -2.21. The molecule has 15 heavy (non-hydrogen) atoms. The van der Waals surface area contributed by atoms with Gasteiger partial charge in [-0.2, -0.15) is 0 Å². The second-order valence-electron chi connectivity index (χ2n) is 3.19. The predicted octanol–water partition coefficient (Wildman–Crippen LogP) is 1.63. The molecule has 1 heterocycles. The summed E-state index contributed by atoms with van der Waals surface area (Å²) in [5.41, 5.74) is 1.09. The third-order valence-corrected chi connectivity index (χ3v) is 3.24. The Kier molecular flexibility index (Phi) is 2.60. The van der Waals surface area contributed by atoms with E-state index in [2.05, 4.69) is 5.32 Å².